The first-order chi connectivity index (χ1) is 7.25. The van der Waals surface area contributed by atoms with Crippen molar-refractivity contribution in [1.82, 2.24) is 10.2 Å². The first-order valence-corrected chi connectivity index (χ1v) is 6.33. The van der Waals surface area contributed by atoms with E-state index in [4.69, 9.17) is 4.74 Å². The third-order valence-electron chi connectivity index (χ3n) is 3.58. The van der Waals surface area contributed by atoms with Gasteiger partial charge >= 0.3 is 0 Å². The van der Waals surface area contributed by atoms with Crippen LogP contribution in [0.2, 0.25) is 0 Å². The molecule has 2 unspecified atom stereocenters. The average Bonchev–Trinajstić information content (AvgIpc) is 2.71. The van der Waals surface area contributed by atoms with Crippen molar-refractivity contribution in [2.24, 2.45) is 5.92 Å². The Morgan fingerprint density at radius 1 is 1.47 bits per heavy atom. The summed E-state index contributed by atoms with van der Waals surface area (Å²) >= 11 is 0. The number of nitrogens with zero attached hydrogens (tertiary/aromatic N) is 1. The Kier molecular flexibility index (Phi) is 4.00. The highest BCUT2D eigenvalue weighted by Gasteiger charge is 2.25. The second-order valence-corrected chi connectivity index (χ2v) is 5.20. The Labute approximate surface area is 93.2 Å². The van der Waals surface area contributed by atoms with E-state index in [1.165, 1.54) is 25.9 Å². The fraction of sp³-hybridized carbons (Fsp3) is 1.00. The zero-order chi connectivity index (χ0) is 10.7. The maximum Gasteiger partial charge on any atom is 0.0702 e. The number of ether oxygens (including phenoxy) is 1. The van der Waals surface area contributed by atoms with E-state index in [1.54, 1.807) is 0 Å². The van der Waals surface area contributed by atoms with Crippen LogP contribution in [0.15, 0.2) is 0 Å². The molecule has 3 nitrogen and oxygen atoms in total. The van der Waals surface area contributed by atoms with E-state index in [2.05, 4.69) is 24.1 Å². The van der Waals surface area contributed by atoms with Crippen molar-refractivity contribution in [3.8, 4) is 0 Å². The van der Waals surface area contributed by atoms with Gasteiger partial charge in [0, 0.05) is 38.8 Å². The topological polar surface area (TPSA) is 24.5 Å². The van der Waals surface area contributed by atoms with Gasteiger partial charge in [-0.3, -0.25) is 4.90 Å². The maximum atomic E-state index is 5.69. The minimum Gasteiger partial charge on any atom is -0.377 e. The van der Waals surface area contributed by atoms with Gasteiger partial charge in [0.05, 0.1) is 6.10 Å². The first-order valence-electron chi connectivity index (χ1n) is 6.33. The molecule has 2 rings (SSSR count). The van der Waals surface area contributed by atoms with Crippen molar-refractivity contribution in [2.75, 3.05) is 32.8 Å². The fourth-order valence-corrected chi connectivity index (χ4v) is 2.53. The standard InChI is InChI=1S/C12H24N2O/c1-10(2)12-9-14(6-5-13-12)8-11-4-3-7-15-11/h10-13H,3-9H2,1-2H3. The van der Waals surface area contributed by atoms with E-state index in [1.807, 2.05) is 0 Å². The van der Waals surface area contributed by atoms with E-state index < -0.39 is 0 Å². The molecule has 2 atom stereocenters. The Bertz CT molecular complexity index is 188. The maximum absolute atomic E-state index is 5.69. The lowest BCUT2D eigenvalue weighted by atomic mass is 10.0. The van der Waals surface area contributed by atoms with Gasteiger partial charge in [-0.1, -0.05) is 13.8 Å². The first kappa shape index (κ1) is 11.4. The highest BCUT2D eigenvalue weighted by atomic mass is 16.5. The summed E-state index contributed by atoms with van der Waals surface area (Å²) in [5.41, 5.74) is 0. The van der Waals surface area contributed by atoms with Crippen LogP contribution < -0.4 is 5.32 Å². The Morgan fingerprint density at radius 2 is 2.33 bits per heavy atom. The molecule has 0 radical (unpaired) electrons. The number of piperazine rings is 1. The Morgan fingerprint density at radius 3 is 3.00 bits per heavy atom. The van der Waals surface area contributed by atoms with Crippen molar-refractivity contribution >= 4 is 0 Å². The van der Waals surface area contributed by atoms with Crippen molar-refractivity contribution < 1.29 is 4.74 Å². The van der Waals surface area contributed by atoms with Gasteiger partial charge < -0.3 is 10.1 Å². The average molecular weight is 212 g/mol. The predicted octanol–water partition coefficient (Wildman–Crippen LogP) is 1.10. The van der Waals surface area contributed by atoms with Gasteiger partial charge in [-0.25, -0.2) is 0 Å². The van der Waals surface area contributed by atoms with Crippen LogP contribution in [-0.4, -0.2) is 49.8 Å². The normalized spacial score (nSPS) is 33.8. The lowest BCUT2D eigenvalue weighted by Crippen LogP contribution is -2.54. The van der Waals surface area contributed by atoms with Crippen LogP contribution in [0, 0.1) is 5.92 Å². The molecule has 0 amide bonds. The second-order valence-electron chi connectivity index (χ2n) is 5.20. The monoisotopic (exact) mass is 212 g/mol. The van der Waals surface area contributed by atoms with Crippen LogP contribution in [0.1, 0.15) is 26.7 Å². The van der Waals surface area contributed by atoms with Crippen molar-refractivity contribution in [3.05, 3.63) is 0 Å². The van der Waals surface area contributed by atoms with Gasteiger partial charge in [-0.15, -0.1) is 0 Å². The third-order valence-corrected chi connectivity index (χ3v) is 3.58. The minimum atomic E-state index is 0.510. The minimum absolute atomic E-state index is 0.510. The molecule has 88 valence electrons. The lowest BCUT2D eigenvalue weighted by molar-refractivity contribution is 0.0588. The van der Waals surface area contributed by atoms with E-state index in [-0.39, 0.29) is 0 Å². The molecule has 2 saturated heterocycles. The van der Waals surface area contributed by atoms with Gasteiger partial charge in [-0.2, -0.15) is 0 Å². The van der Waals surface area contributed by atoms with E-state index in [0.717, 1.165) is 25.6 Å². The smallest absolute Gasteiger partial charge is 0.0702 e. The highest BCUT2D eigenvalue weighted by Crippen LogP contribution is 2.15. The predicted molar refractivity (Wildman–Crippen MR) is 62.0 cm³/mol. The van der Waals surface area contributed by atoms with Crippen molar-refractivity contribution in [1.29, 1.82) is 0 Å². The molecule has 1 N–H and O–H groups in total. The summed E-state index contributed by atoms with van der Waals surface area (Å²) in [4.78, 5) is 2.57. The quantitative estimate of drug-likeness (QED) is 0.758. The van der Waals surface area contributed by atoms with Crippen LogP contribution in [0.25, 0.3) is 0 Å². The number of rotatable bonds is 3. The van der Waals surface area contributed by atoms with Crippen molar-refractivity contribution in [2.45, 2.75) is 38.8 Å². The third kappa shape index (κ3) is 3.16. The summed E-state index contributed by atoms with van der Waals surface area (Å²) in [6, 6.07) is 0.667. The lowest BCUT2D eigenvalue weighted by Gasteiger charge is -2.36. The molecular weight excluding hydrogens is 188 g/mol. The molecule has 3 heteroatoms. The molecule has 0 aromatic rings. The SMILES string of the molecule is CC(C)C1CN(CC2CCCO2)CCN1. The van der Waals surface area contributed by atoms with Gasteiger partial charge in [-0.05, 0) is 18.8 Å². The molecule has 2 heterocycles. The van der Waals surface area contributed by atoms with E-state index >= 15 is 0 Å². The largest absolute Gasteiger partial charge is 0.377 e. The molecule has 0 aliphatic carbocycles. The van der Waals surface area contributed by atoms with Crippen LogP contribution in [-0.2, 0) is 4.74 Å². The molecule has 2 aliphatic rings. The van der Waals surface area contributed by atoms with Gasteiger partial charge in [0.1, 0.15) is 0 Å². The van der Waals surface area contributed by atoms with Crippen molar-refractivity contribution in [3.63, 3.8) is 0 Å². The molecule has 0 spiro atoms. The van der Waals surface area contributed by atoms with Crippen LogP contribution >= 0.6 is 0 Å². The second kappa shape index (κ2) is 5.28. The molecule has 2 aliphatic heterocycles. The zero-order valence-corrected chi connectivity index (χ0v) is 10.0. The van der Waals surface area contributed by atoms with Gasteiger partial charge in [0.25, 0.3) is 0 Å². The summed E-state index contributed by atoms with van der Waals surface area (Å²) in [7, 11) is 0. The van der Waals surface area contributed by atoms with Gasteiger partial charge in [0.2, 0.25) is 0 Å². The fourth-order valence-electron chi connectivity index (χ4n) is 2.53. The summed E-state index contributed by atoms with van der Waals surface area (Å²) in [5.74, 6) is 0.734. The number of hydrogen-bond donors (Lipinski definition) is 1. The molecule has 0 aromatic heterocycles. The zero-order valence-electron chi connectivity index (χ0n) is 10.0. The molecule has 15 heavy (non-hydrogen) atoms. The van der Waals surface area contributed by atoms with Gasteiger partial charge in [0.15, 0.2) is 0 Å². The number of hydrogen-bond acceptors (Lipinski definition) is 3. The molecule has 0 aromatic carbocycles. The number of nitrogens with one attached hydrogen (secondary N) is 1. The Hall–Kier alpha value is -0.120. The molecule has 0 saturated carbocycles. The summed E-state index contributed by atoms with van der Waals surface area (Å²) < 4.78 is 5.69. The van der Waals surface area contributed by atoms with E-state index in [0.29, 0.717) is 12.1 Å². The Balaban J connectivity index is 1.76. The summed E-state index contributed by atoms with van der Waals surface area (Å²) in [6.07, 6.45) is 3.02. The molecule has 0 bridgehead atoms. The van der Waals surface area contributed by atoms with Crippen LogP contribution in [0.5, 0.6) is 0 Å². The van der Waals surface area contributed by atoms with E-state index in [9.17, 15) is 0 Å². The molecule has 2 fully saturated rings. The van der Waals surface area contributed by atoms with Crippen LogP contribution in [0.4, 0.5) is 0 Å². The summed E-state index contributed by atoms with van der Waals surface area (Å²) in [6.45, 7) is 10.2. The van der Waals surface area contributed by atoms with Crippen LogP contribution in [0.3, 0.4) is 0 Å². The molecular formula is C12H24N2O. The summed E-state index contributed by atoms with van der Waals surface area (Å²) in [5, 5.41) is 3.59. The highest BCUT2D eigenvalue weighted by molar-refractivity contribution is 4.82.